The number of benzene rings is 1. The Morgan fingerprint density at radius 3 is 2.62 bits per heavy atom. The predicted octanol–water partition coefficient (Wildman–Crippen LogP) is 5.29. The summed E-state index contributed by atoms with van der Waals surface area (Å²) in [4.78, 5) is 13.8. The summed E-state index contributed by atoms with van der Waals surface area (Å²) in [5, 5.41) is 14.8. The van der Waals surface area contributed by atoms with Gasteiger partial charge in [0.25, 0.3) is 0 Å². The molecule has 148 valence electrons. The first-order valence-corrected chi connectivity index (χ1v) is 10.6. The van der Waals surface area contributed by atoms with Crippen LogP contribution in [0.15, 0.2) is 36.8 Å². The third-order valence-electron chi connectivity index (χ3n) is 4.81. The van der Waals surface area contributed by atoms with Crippen molar-refractivity contribution in [1.82, 2.24) is 25.1 Å². The van der Waals surface area contributed by atoms with Crippen molar-refractivity contribution in [2.24, 2.45) is 0 Å². The van der Waals surface area contributed by atoms with Gasteiger partial charge >= 0.3 is 0 Å². The molecule has 0 aliphatic rings. The van der Waals surface area contributed by atoms with Crippen molar-refractivity contribution in [3.8, 4) is 11.3 Å². The lowest BCUT2D eigenvalue weighted by molar-refractivity contribution is 0.830. The lowest BCUT2D eigenvalue weighted by Crippen LogP contribution is -2.09. The molecule has 29 heavy (non-hydrogen) atoms. The van der Waals surface area contributed by atoms with Crippen molar-refractivity contribution in [3.63, 3.8) is 0 Å². The molecule has 0 spiro atoms. The molecule has 4 rings (SSSR count). The Kier molecular flexibility index (Phi) is 5.49. The molecule has 4 aromatic rings. The van der Waals surface area contributed by atoms with Crippen LogP contribution in [0.3, 0.4) is 0 Å². The van der Waals surface area contributed by atoms with Crippen LogP contribution in [0.25, 0.3) is 22.2 Å². The van der Waals surface area contributed by atoms with E-state index in [9.17, 15) is 0 Å². The molecule has 1 atom stereocenters. The molecule has 1 N–H and O–H groups in total. The molecule has 0 radical (unpaired) electrons. The summed E-state index contributed by atoms with van der Waals surface area (Å²) in [6.45, 7) is 8.27. The molecule has 1 unspecified atom stereocenters. The van der Waals surface area contributed by atoms with Gasteiger partial charge < -0.3 is 5.32 Å². The summed E-state index contributed by atoms with van der Waals surface area (Å²) >= 11 is 1.59. The normalized spacial score (nSPS) is 12.3. The highest BCUT2D eigenvalue weighted by Gasteiger charge is 2.16. The van der Waals surface area contributed by atoms with E-state index >= 15 is 0 Å². The number of fused-ring (bicyclic) bond motifs is 1. The average molecular weight is 405 g/mol. The number of aryl methyl sites for hydroxylation is 3. The van der Waals surface area contributed by atoms with Gasteiger partial charge in [-0.3, -0.25) is 4.98 Å². The Labute approximate surface area is 174 Å². The minimum Gasteiger partial charge on any atom is -0.360 e. The van der Waals surface area contributed by atoms with E-state index in [-0.39, 0.29) is 6.04 Å². The van der Waals surface area contributed by atoms with Gasteiger partial charge in [0, 0.05) is 17.1 Å². The monoisotopic (exact) mass is 404 g/mol. The van der Waals surface area contributed by atoms with Crippen LogP contribution in [0, 0.1) is 13.8 Å². The van der Waals surface area contributed by atoms with Gasteiger partial charge in [-0.2, -0.15) is 0 Å². The highest BCUT2D eigenvalue weighted by atomic mass is 32.1. The van der Waals surface area contributed by atoms with Crippen molar-refractivity contribution >= 4 is 28.1 Å². The molecule has 7 heteroatoms. The van der Waals surface area contributed by atoms with E-state index in [0.717, 1.165) is 56.4 Å². The number of anilines is 1. The molecular weight excluding hydrogens is 380 g/mol. The summed E-state index contributed by atoms with van der Waals surface area (Å²) in [6.07, 6.45) is 5.54. The first-order valence-electron chi connectivity index (χ1n) is 9.82. The number of aromatic nitrogens is 5. The molecule has 0 fully saturated rings. The zero-order valence-corrected chi connectivity index (χ0v) is 17.9. The van der Waals surface area contributed by atoms with Gasteiger partial charge in [-0.1, -0.05) is 30.7 Å². The second-order valence-corrected chi connectivity index (χ2v) is 8.46. The minimum atomic E-state index is 0.00933. The van der Waals surface area contributed by atoms with E-state index in [4.69, 9.17) is 0 Å². The van der Waals surface area contributed by atoms with Crippen LogP contribution >= 0.6 is 11.3 Å². The highest BCUT2D eigenvalue weighted by Crippen LogP contribution is 2.31. The van der Waals surface area contributed by atoms with E-state index in [1.54, 1.807) is 17.7 Å². The highest BCUT2D eigenvalue weighted by molar-refractivity contribution is 7.11. The molecule has 0 saturated carbocycles. The minimum absolute atomic E-state index is 0.00933. The second-order valence-electron chi connectivity index (χ2n) is 7.25. The van der Waals surface area contributed by atoms with Gasteiger partial charge in [0.1, 0.15) is 22.2 Å². The maximum absolute atomic E-state index is 4.62. The summed E-state index contributed by atoms with van der Waals surface area (Å²) in [5.41, 5.74) is 5.39. The van der Waals surface area contributed by atoms with Crippen molar-refractivity contribution in [3.05, 3.63) is 57.9 Å². The summed E-state index contributed by atoms with van der Waals surface area (Å²) < 4.78 is 0. The summed E-state index contributed by atoms with van der Waals surface area (Å²) in [7, 11) is 0. The Morgan fingerprint density at radius 1 is 1.07 bits per heavy atom. The smallest absolute Gasteiger partial charge is 0.139 e. The molecule has 0 aliphatic carbocycles. The molecule has 0 aliphatic heterocycles. The number of pyridine rings is 1. The molecule has 0 amide bonds. The SMILES string of the molecule is CCCc1cc(-c2ccc(C)cn2)cc2c(NC(C)c3nnc(C)s3)ncnc12. The largest absolute Gasteiger partial charge is 0.360 e. The fourth-order valence-electron chi connectivity index (χ4n) is 3.36. The van der Waals surface area contributed by atoms with Crippen LogP contribution in [0.1, 0.15) is 47.5 Å². The third-order valence-corrected chi connectivity index (χ3v) is 5.83. The maximum Gasteiger partial charge on any atom is 0.139 e. The van der Waals surface area contributed by atoms with Crippen LogP contribution in [0.5, 0.6) is 0 Å². The van der Waals surface area contributed by atoms with Gasteiger partial charge in [-0.05, 0) is 56.5 Å². The third kappa shape index (κ3) is 4.10. The van der Waals surface area contributed by atoms with Crippen LogP contribution in [-0.2, 0) is 6.42 Å². The molecule has 3 aromatic heterocycles. The summed E-state index contributed by atoms with van der Waals surface area (Å²) in [5.74, 6) is 0.807. The second kappa shape index (κ2) is 8.21. The number of nitrogens with zero attached hydrogens (tertiary/aromatic N) is 5. The van der Waals surface area contributed by atoms with Crippen LogP contribution < -0.4 is 5.32 Å². The van der Waals surface area contributed by atoms with Crippen molar-refractivity contribution in [2.75, 3.05) is 5.32 Å². The Morgan fingerprint density at radius 2 is 1.93 bits per heavy atom. The molecule has 0 bridgehead atoms. The molecule has 0 saturated heterocycles. The fraction of sp³-hybridized carbons (Fsp3) is 0.318. The number of hydrogen-bond donors (Lipinski definition) is 1. The molecule has 1 aromatic carbocycles. The van der Waals surface area contributed by atoms with Crippen molar-refractivity contribution in [2.45, 2.75) is 46.6 Å². The van der Waals surface area contributed by atoms with E-state index < -0.39 is 0 Å². The zero-order valence-electron chi connectivity index (χ0n) is 17.1. The number of rotatable bonds is 6. The molecular formula is C22H24N6S. The first kappa shape index (κ1) is 19.4. The average Bonchev–Trinajstić information content (AvgIpc) is 3.16. The first-order chi connectivity index (χ1) is 14.0. The van der Waals surface area contributed by atoms with E-state index in [2.05, 4.69) is 68.6 Å². The van der Waals surface area contributed by atoms with Gasteiger partial charge in [-0.15, -0.1) is 10.2 Å². The standard InChI is InChI=1S/C22H24N6S/c1-5-6-16-9-17(19-8-7-13(2)11-23-19)10-18-20(16)24-12-25-21(18)26-14(3)22-28-27-15(4)29-22/h7-12,14H,5-6H2,1-4H3,(H,24,25,26). The molecule has 6 nitrogen and oxygen atoms in total. The van der Waals surface area contributed by atoms with E-state index in [1.165, 1.54) is 5.56 Å². The van der Waals surface area contributed by atoms with Crippen LogP contribution in [-0.4, -0.2) is 25.1 Å². The molecule has 3 heterocycles. The fourth-order valence-corrected chi connectivity index (χ4v) is 4.06. The lowest BCUT2D eigenvalue weighted by atomic mass is 9.99. The number of nitrogens with one attached hydrogen (secondary N) is 1. The zero-order chi connectivity index (χ0) is 20.4. The van der Waals surface area contributed by atoms with Gasteiger partial charge in [0.2, 0.25) is 0 Å². The quantitative estimate of drug-likeness (QED) is 0.471. The van der Waals surface area contributed by atoms with Crippen LogP contribution in [0.2, 0.25) is 0 Å². The van der Waals surface area contributed by atoms with Gasteiger partial charge in [-0.25, -0.2) is 9.97 Å². The predicted molar refractivity (Wildman–Crippen MR) is 118 cm³/mol. The van der Waals surface area contributed by atoms with Crippen molar-refractivity contribution in [1.29, 1.82) is 0 Å². The van der Waals surface area contributed by atoms with E-state index in [0.29, 0.717) is 0 Å². The van der Waals surface area contributed by atoms with Gasteiger partial charge in [0.05, 0.1) is 17.3 Å². The maximum atomic E-state index is 4.62. The Bertz CT molecular complexity index is 1140. The Hall–Kier alpha value is -2.93. The van der Waals surface area contributed by atoms with Gasteiger partial charge in [0.15, 0.2) is 0 Å². The van der Waals surface area contributed by atoms with E-state index in [1.807, 2.05) is 20.0 Å². The Balaban J connectivity index is 1.81. The van der Waals surface area contributed by atoms with Crippen LogP contribution in [0.4, 0.5) is 5.82 Å². The van der Waals surface area contributed by atoms with Crippen molar-refractivity contribution < 1.29 is 0 Å². The summed E-state index contributed by atoms with van der Waals surface area (Å²) in [6, 6.07) is 8.50. The number of hydrogen-bond acceptors (Lipinski definition) is 7. The topological polar surface area (TPSA) is 76.5 Å². The lowest BCUT2D eigenvalue weighted by Gasteiger charge is -2.15.